The lowest BCUT2D eigenvalue weighted by Gasteiger charge is -2.20. The molecule has 10 heteroatoms. The van der Waals surface area contributed by atoms with Crippen LogP contribution in [0.5, 0.6) is 5.75 Å². The third-order valence-corrected chi connectivity index (χ3v) is 6.64. The van der Waals surface area contributed by atoms with Gasteiger partial charge in [0.15, 0.2) is 0 Å². The van der Waals surface area contributed by atoms with Crippen molar-refractivity contribution in [2.45, 2.75) is 25.3 Å². The molecule has 0 aliphatic carbocycles. The third-order valence-electron chi connectivity index (χ3n) is 6.64. The maximum Gasteiger partial charge on any atom is 0.268 e. The van der Waals surface area contributed by atoms with Crippen LogP contribution in [0.2, 0.25) is 0 Å². The Balaban J connectivity index is 1.34. The maximum absolute atomic E-state index is 13.7. The molecule has 0 radical (unpaired) electrons. The molecule has 0 bridgehead atoms. The van der Waals surface area contributed by atoms with Gasteiger partial charge in [0.05, 0.1) is 35.9 Å². The van der Waals surface area contributed by atoms with Crippen molar-refractivity contribution in [3.63, 3.8) is 0 Å². The van der Waals surface area contributed by atoms with E-state index in [0.29, 0.717) is 23.1 Å². The van der Waals surface area contributed by atoms with Gasteiger partial charge >= 0.3 is 0 Å². The Kier molecular flexibility index (Phi) is 6.68. The van der Waals surface area contributed by atoms with Crippen molar-refractivity contribution in [3.05, 3.63) is 65.4 Å². The molecule has 2 N–H and O–H groups in total. The summed E-state index contributed by atoms with van der Waals surface area (Å²) in [4.78, 5) is 30.6. The number of nitrogens with one attached hydrogen (secondary N) is 2. The molecule has 38 heavy (non-hydrogen) atoms. The number of hydrogen-bond donors (Lipinski definition) is 2. The Morgan fingerprint density at radius 3 is 2.95 bits per heavy atom. The molecule has 2 aliphatic rings. The van der Waals surface area contributed by atoms with Gasteiger partial charge in [0, 0.05) is 24.5 Å². The predicted molar refractivity (Wildman–Crippen MR) is 139 cm³/mol. The molecule has 2 amide bonds. The van der Waals surface area contributed by atoms with Crippen LogP contribution in [0.4, 0.5) is 14.5 Å². The van der Waals surface area contributed by atoms with Crippen molar-refractivity contribution in [2.75, 3.05) is 31.6 Å². The molecule has 3 aromatic rings. The van der Waals surface area contributed by atoms with Crippen molar-refractivity contribution in [3.8, 4) is 11.8 Å². The molecule has 194 valence electrons. The number of alkyl halides is 2. The number of hydrogen-bond acceptors (Lipinski definition) is 6. The zero-order valence-corrected chi connectivity index (χ0v) is 20.6. The van der Waals surface area contributed by atoms with Crippen LogP contribution in [0.25, 0.3) is 22.6 Å². The first-order valence-corrected chi connectivity index (χ1v) is 12.2. The molecule has 1 fully saturated rings. The molecular weight excluding hydrogens is 492 g/mol. The second kappa shape index (κ2) is 10.1. The van der Waals surface area contributed by atoms with E-state index in [9.17, 15) is 18.4 Å². The zero-order valence-electron chi connectivity index (χ0n) is 20.6. The molecule has 1 atom stereocenters. The fraction of sp³-hybridized carbons (Fsp3) is 0.286. The lowest BCUT2D eigenvalue weighted by molar-refractivity contribution is -0.131. The van der Waals surface area contributed by atoms with Crippen LogP contribution in [0.15, 0.2) is 48.7 Å². The molecule has 3 heterocycles. The highest BCUT2D eigenvalue weighted by atomic mass is 19.3. The topological polar surface area (TPSA) is 107 Å². The number of nitriles is 1. The van der Waals surface area contributed by atoms with Gasteiger partial charge in [0.2, 0.25) is 5.91 Å². The number of benzene rings is 2. The maximum atomic E-state index is 13.7. The summed E-state index contributed by atoms with van der Waals surface area (Å²) in [6.45, 7) is 2.04. The number of nitrogens with zero attached hydrogens (tertiary/aromatic N) is 3. The van der Waals surface area contributed by atoms with E-state index in [4.69, 9.17) is 10.00 Å². The molecular formula is C28H25F2N5O3. The van der Waals surface area contributed by atoms with E-state index < -0.39 is 43.3 Å². The number of carbonyl (C=O) groups is 2. The van der Waals surface area contributed by atoms with Crippen molar-refractivity contribution < 1.29 is 23.1 Å². The normalized spacial score (nSPS) is 18.2. The first-order valence-electron chi connectivity index (χ1n) is 12.2. The summed E-state index contributed by atoms with van der Waals surface area (Å²) in [6, 6.07) is 13.6. The number of halogens is 2. The molecule has 2 aliphatic heterocycles. The lowest BCUT2D eigenvalue weighted by atomic mass is 10.0. The minimum atomic E-state index is -3.12. The van der Waals surface area contributed by atoms with Crippen LogP contribution >= 0.6 is 0 Å². The van der Waals surface area contributed by atoms with E-state index in [1.807, 2.05) is 43.3 Å². The average molecular weight is 518 g/mol. The summed E-state index contributed by atoms with van der Waals surface area (Å²) in [6.07, 6.45) is 2.78. The van der Waals surface area contributed by atoms with Crippen molar-refractivity contribution in [1.82, 2.24) is 15.2 Å². The fourth-order valence-corrected chi connectivity index (χ4v) is 4.71. The molecule has 5 rings (SSSR count). The molecule has 8 nitrogen and oxygen atoms in total. The quantitative estimate of drug-likeness (QED) is 0.494. The number of ether oxygens (including phenoxy) is 1. The Morgan fingerprint density at radius 1 is 1.29 bits per heavy atom. The van der Waals surface area contributed by atoms with Gasteiger partial charge in [-0.25, -0.2) is 8.78 Å². The summed E-state index contributed by atoms with van der Waals surface area (Å²) in [5, 5.41) is 15.5. The molecule has 1 aromatic heterocycles. The van der Waals surface area contributed by atoms with Gasteiger partial charge in [0.25, 0.3) is 11.8 Å². The number of carbonyl (C=O) groups excluding carboxylic acids is 2. The van der Waals surface area contributed by atoms with Crippen molar-refractivity contribution in [1.29, 1.82) is 5.26 Å². The molecule has 2 aromatic carbocycles. The Bertz CT molecular complexity index is 1500. The Labute approximate surface area is 217 Å². The first-order chi connectivity index (χ1) is 18.2. The van der Waals surface area contributed by atoms with Gasteiger partial charge in [0.1, 0.15) is 18.4 Å². The van der Waals surface area contributed by atoms with Gasteiger partial charge in [-0.3, -0.25) is 14.6 Å². The van der Waals surface area contributed by atoms with Gasteiger partial charge in [-0.1, -0.05) is 18.2 Å². The smallest absolute Gasteiger partial charge is 0.268 e. The highest BCUT2D eigenvalue weighted by Crippen LogP contribution is 2.33. The highest BCUT2D eigenvalue weighted by Gasteiger charge is 2.47. The highest BCUT2D eigenvalue weighted by molar-refractivity contribution is 6.07. The Hall–Kier alpha value is -4.52. The van der Waals surface area contributed by atoms with Crippen LogP contribution in [0.3, 0.4) is 0 Å². The van der Waals surface area contributed by atoms with E-state index in [-0.39, 0.29) is 0 Å². The zero-order chi connectivity index (χ0) is 26.9. The van der Waals surface area contributed by atoms with Gasteiger partial charge in [-0.05, 0) is 54.0 Å². The summed E-state index contributed by atoms with van der Waals surface area (Å²) < 4.78 is 33.1. The van der Waals surface area contributed by atoms with Crippen LogP contribution < -0.4 is 15.4 Å². The van der Waals surface area contributed by atoms with Gasteiger partial charge in [-0.2, -0.15) is 5.26 Å². The van der Waals surface area contributed by atoms with Crippen molar-refractivity contribution in [2.24, 2.45) is 0 Å². The second-order valence-corrected chi connectivity index (χ2v) is 9.36. The predicted octanol–water partition coefficient (Wildman–Crippen LogP) is 4.09. The molecule has 0 saturated carbocycles. The van der Waals surface area contributed by atoms with E-state index in [1.165, 1.54) is 6.20 Å². The minimum Gasteiger partial charge on any atom is -0.490 e. The number of pyridine rings is 1. The number of amides is 2. The van der Waals surface area contributed by atoms with Crippen LogP contribution in [-0.2, 0) is 4.79 Å². The largest absolute Gasteiger partial charge is 0.490 e. The standard InChI is InChI=1S/C28H25F2N5O3/c1-17(19-3-5-24-25(12-19)38-9-8-33-24)10-18-2-4-23-22(11-18)21(6-7-32-23)27(37)34-15-26(36)35-16-28(29,30)13-20(35)14-31/h2-7,10-12,20,33H,8-9,13,15-16H2,1H3,(H,34,37)/b17-10+. The van der Waals surface area contributed by atoms with E-state index in [1.54, 1.807) is 18.2 Å². The summed E-state index contributed by atoms with van der Waals surface area (Å²) in [5.41, 5.74) is 4.69. The third kappa shape index (κ3) is 5.13. The van der Waals surface area contributed by atoms with Crippen molar-refractivity contribution >= 4 is 40.1 Å². The van der Waals surface area contributed by atoms with Gasteiger partial charge in [-0.15, -0.1) is 0 Å². The van der Waals surface area contributed by atoms with Crippen LogP contribution in [-0.4, -0.2) is 59.9 Å². The van der Waals surface area contributed by atoms with Crippen LogP contribution in [0, 0.1) is 11.3 Å². The van der Waals surface area contributed by atoms with Crippen LogP contribution in [0.1, 0.15) is 34.8 Å². The Morgan fingerprint density at radius 2 is 2.13 bits per heavy atom. The number of likely N-dealkylation sites (tertiary alicyclic amines) is 1. The SMILES string of the molecule is C/C(=C\c1ccc2nccc(C(=O)NCC(=O)N3CC(F)(F)CC3C#N)c2c1)c1ccc2c(c1)OCCN2. The second-order valence-electron chi connectivity index (χ2n) is 9.36. The molecule has 0 spiro atoms. The summed E-state index contributed by atoms with van der Waals surface area (Å²) in [7, 11) is 0. The monoisotopic (exact) mass is 517 g/mol. The van der Waals surface area contributed by atoms with E-state index in [0.717, 1.165) is 39.6 Å². The summed E-state index contributed by atoms with van der Waals surface area (Å²) >= 11 is 0. The van der Waals surface area contributed by atoms with E-state index in [2.05, 4.69) is 15.6 Å². The molecule has 1 unspecified atom stereocenters. The summed E-state index contributed by atoms with van der Waals surface area (Å²) in [5.74, 6) is -3.59. The van der Waals surface area contributed by atoms with Gasteiger partial charge < -0.3 is 20.3 Å². The first kappa shape index (κ1) is 25.1. The minimum absolute atomic E-state index is 0.299. The fourth-order valence-electron chi connectivity index (χ4n) is 4.71. The van der Waals surface area contributed by atoms with E-state index >= 15 is 0 Å². The number of anilines is 1. The number of allylic oxidation sites excluding steroid dienone is 1. The molecule has 1 saturated heterocycles. The number of aromatic nitrogens is 1. The average Bonchev–Trinajstić information content (AvgIpc) is 3.25. The lowest BCUT2D eigenvalue weighted by Crippen LogP contribution is -2.43. The number of rotatable bonds is 5. The number of fused-ring (bicyclic) bond motifs is 2.